The number of ether oxygens (including phenoxy) is 3. The number of nitrogens with zero attached hydrogens (tertiary/aromatic N) is 4. The molecular formula is C29H31FN4O7. The fraction of sp³-hybridized carbons (Fsp3) is 0.310. The highest BCUT2D eigenvalue weighted by atomic mass is 19.2. The number of aryl methyl sites for hydroxylation is 1. The van der Waals surface area contributed by atoms with Crippen molar-refractivity contribution in [3.05, 3.63) is 60.6 Å². The number of rotatable bonds is 10. The number of carboxylic acid groups (broad SMARTS) is 2. The molecule has 0 unspecified atom stereocenters. The van der Waals surface area contributed by atoms with Gasteiger partial charge in [-0.05, 0) is 69.6 Å². The van der Waals surface area contributed by atoms with Gasteiger partial charge in [0.25, 0.3) is 0 Å². The summed E-state index contributed by atoms with van der Waals surface area (Å²) < 4.78 is 31.7. The Bertz CT molecular complexity index is 1550. The lowest BCUT2D eigenvalue weighted by Gasteiger charge is -2.16. The van der Waals surface area contributed by atoms with Gasteiger partial charge in [0.15, 0.2) is 11.5 Å². The average molecular weight is 567 g/mol. The van der Waals surface area contributed by atoms with E-state index in [1.54, 1.807) is 38.3 Å². The molecule has 12 heteroatoms. The molecule has 4 aromatic rings. The van der Waals surface area contributed by atoms with Crippen molar-refractivity contribution in [1.29, 1.82) is 0 Å². The molecular weight excluding hydrogens is 535 g/mol. The van der Waals surface area contributed by atoms with Gasteiger partial charge in [0.1, 0.15) is 12.1 Å². The number of hydrogen-bond donors (Lipinski definition) is 2. The number of carbonyl (C=O) groups is 2. The van der Waals surface area contributed by atoms with Crippen molar-refractivity contribution in [2.45, 2.75) is 26.2 Å². The zero-order valence-electron chi connectivity index (χ0n) is 22.7. The first kappa shape index (κ1) is 29.3. The van der Waals surface area contributed by atoms with Crippen LogP contribution in [0.15, 0.2) is 54.9 Å². The van der Waals surface area contributed by atoms with Gasteiger partial charge < -0.3 is 29.3 Å². The molecule has 0 aliphatic carbocycles. The van der Waals surface area contributed by atoms with Crippen LogP contribution in [0.1, 0.15) is 25.0 Å². The second kappa shape index (κ2) is 13.6. The SMILES string of the molecule is COc1cc2c(Oc3ccc4c(c3)cc(C)n4F)ncnc2cc1OCCCN1CCCC1.O=C(O)C=CC(=O)O. The van der Waals surface area contributed by atoms with Crippen LogP contribution in [0.5, 0.6) is 23.1 Å². The molecule has 1 aliphatic heterocycles. The minimum absolute atomic E-state index is 0.398. The molecule has 2 aromatic heterocycles. The average Bonchev–Trinajstić information content (AvgIpc) is 3.57. The highest BCUT2D eigenvalue weighted by molar-refractivity contribution is 5.89. The minimum atomic E-state index is -1.26. The number of likely N-dealkylation sites (tertiary alicyclic amines) is 1. The van der Waals surface area contributed by atoms with Gasteiger partial charge in [-0.25, -0.2) is 19.6 Å². The molecule has 216 valence electrons. The summed E-state index contributed by atoms with van der Waals surface area (Å²) in [6.45, 7) is 5.75. The lowest BCUT2D eigenvalue weighted by Crippen LogP contribution is -2.21. The number of hydrogen-bond acceptors (Lipinski definition) is 8. The number of fused-ring (bicyclic) bond motifs is 2. The van der Waals surface area contributed by atoms with E-state index in [1.807, 2.05) is 12.1 Å². The van der Waals surface area contributed by atoms with Gasteiger partial charge in [-0.2, -0.15) is 4.79 Å². The maximum absolute atomic E-state index is 14.1. The van der Waals surface area contributed by atoms with Gasteiger partial charge in [0.2, 0.25) is 5.88 Å². The summed E-state index contributed by atoms with van der Waals surface area (Å²) in [4.78, 5) is 30.9. The molecule has 2 N–H and O–H groups in total. The number of benzene rings is 2. The molecule has 0 atom stereocenters. The Morgan fingerprint density at radius 3 is 2.44 bits per heavy atom. The summed E-state index contributed by atoms with van der Waals surface area (Å²) in [5.41, 5.74) is 1.73. The standard InChI is InChI=1S/C25H27FN4O3.C4H4O4/c1-17-12-18-13-19(6-7-22(18)30(17)26)33-25-20-14-23(31-2)24(15-21(20)27-16-28-25)32-11-5-10-29-8-3-4-9-29;5-3(6)1-2-4(7)8/h6-7,12-16H,3-5,8-11H2,1-2H3;1-2H,(H,5,6)(H,7,8). The number of aromatic nitrogens is 3. The molecule has 41 heavy (non-hydrogen) atoms. The van der Waals surface area contributed by atoms with Crippen molar-refractivity contribution in [3.63, 3.8) is 0 Å². The van der Waals surface area contributed by atoms with Crippen LogP contribution < -0.4 is 14.2 Å². The van der Waals surface area contributed by atoms with Crippen LogP contribution in [0.3, 0.4) is 0 Å². The van der Waals surface area contributed by atoms with E-state index in [0.717, 1.165) is 18.4 Å². The van der Waals surface area contributed by atoms with E-state index < -0.39 is 11.9 Å². The number of carboxylic acids is 2. The Hall–Kier alpha value is -4.71. The van der Waals surface area contributed by atoms with Crippen molar-refractivity contribution in [1.82, 2.24) is 19.7 Å². The van der Waals surface area contributed by atoms with Gasteiger partial charge in [-0.3, -0.25) is 0 Å². The van der Waals surface area contributed by atoms with E-state index >= 15 is 0 Å². The zero-order valence-corrected chi connectivity index (χ0v) is 22.7. The molecule has 2 aromatic carbocycles. The third-order valence-corrected chi connectivity index (χ3v) is 6.43. The maximum atomic E-state index is 14.1. The molecule has 5 rings (SSSR count). The molecule has 1 aliphatic rings. The van der Waals surface area contributed by atoms with E-state index in [1.165, 1.54) is 32.3 Å². The molecule has 0 spiro atoms. The first-order chi connectivity index (χ1) is 19.7. The monoisotopic (exact) mass is 566 g/mol. The Morgan fingerprint density at radius 1 is 1.02 bits per heavy atom. The van der Waals surface area contributed by atoms with Gasteiger partial charge in [-0.15, -0.1) is 0 Å². The van der Waals surface area contributed by atoms with Gasteiger partial charge >= 0.3 is 11.9 Å². The third-order valence-electron chi connectivity index (χ3n) is 6.43. The van der Waals surface area contributed by atoms with Gasteiger partial charge in [-0.1, -0.05) is 4.48 Å². The topological polar surface area (TPSA) is 136 Å². The number of halogens is 1. The molecule has 3 heterocycles. The summed E-state index contributed by atoms with van der Waals surface area (Å²) in [7, 11) is 1.61. The van der Waals surface area contributed by atoms with E-state index in [2.05, 4.69) is 14.9 Å². The largest absolute Gasteiger partial charge is 0.493 e. The Morgan fingerprint density at radius 2 is 1.76 bits per heavy atom. The maximum Gasteiger partial charge on any atom is 0.328 e. The van der Waals surface area contributed by atoms with Crippen LogP contribution in [0.25, 0.3) is 21.8 Å². The minimum Gasteiger partial charge on any atom is -0.493 e. The first-order valence-corrected chi connectivity index (χ1v) is 13.0. The van der Waals surface area contributed by atoms with Crippen molar-refractivity contribution in [3.8, 4) is 23.1 Å². The number of methoxy groups -OCH3 is 1. The second-order valence-electron chi connectivity index (χ2n) is 9.35. The molecule has 0 radical (unpaired) electrons. The summed E-state index contributed by atoms with van der Waals surface area (Å²) in [5, 5.41) is 17.1. The first-order valence-electron chi connectivity index (χ1n) is 13.0. The van der Waals surface area contributed by atoms with Crippen LogP contribution in [0.2, 0.25) is 0 Å². The van der Waals surface area contributed by atoms with Crippen LogP contribution in [-0.2, 0) is 9.59 Å². The summed E-state index contributed by atoms with van der Waals surface area (Å²) in [5.74, 6) is -0.301. The molecule has 1 saturated heterocycles. The molecule has 0 saturated carbocycles. The summed E-state index contributed by atoms with van der Waals surface area (Å²) in [6, 6.07) is 10.7. The Labute approximate surface area is 235 Å². The second-order valence-corrected chi connectivity index (χ2v) is 9.35. The van der Waals surface area contributed by atoms with E-state index in [0.29, 0.717) is 68.8 Å². The van der Waals surface area contributed by atoms with Crippen LogP contribution >= 0.6 is 0 Å². The summed E-state index contributed by atoms with van der Waals surface area (Å²) >= 11 is 0. The van der Waals surface area contributed by atoms with Crippen molar-refractivity contribution < 1.29 is 38.5 Å². The summed E-state index contributed by atoms with van der Waals surface area (Å²) in [6.07, 6.45) is 6.12. The molecule has 0 bridgehead atoms. The van der Waals surface area contributed by atoms with Crippen LogP contribution in [0, 0.1) is 6.92 Å². The molecule has 11 nitrogen and oxygen atoms in total. The van der Waals surface area contributed by atoms with Crippen LogP contribution in [0.4, 0.5) is 4.48 Å². The zero-order chi connectivity index (χ0) is 29.4. The fourth-order valence-corrected chi connectivity index (χ4v) is 4.49. The predicted molar refractivity (Wildman–Crippen MR) is 150 cm³/mol. The normalized spacial score (nSPS) is 13.3. The highest BCUT2D eigenvalue weighted by Crippen LogP contribution is 2.36. The van der Waals surface area contributed by atoms with E-state index in [4.69, 9.17) is 24.4 Å². The molecule has 1 fully saturated rings. The Balaban J connectivity index is 0.000000426. The highest BCUT2D eigenvalue weighted by Gasteiger charge is 2.15. The van der Waals surface area contributed by atoms with Crippen molar-refractivity contribution >= 4 is 33.7 Å². The predicted octanol–water partition coefficient (Wildman–Crippen LogP) is 5.00. The van der Waals surface area contributed by atoms with Gasteiger partial charge in [0.05, 0.1) is 30.1 Å². The van der Waals surface area contributed by atoms with E-state index in [-0.39, 0.29) is 0 Å². The molecule has 0 amide bonds. The third kappa shape index (κ3) is 7.70. The van der Waals surface area contributed by atoms with Crippen molar-refractivity contribution in [2.75, 3.05) is 33.4 Å². The smallest absolute Gasteiger partial charge is 0.328 e. The van der Waals surface area contributed by atoms with E-state index in [9.17, 15) is 14.1 Å². The lowest BCUT2D eigenvalue weighted by molar-refractivity contribution is -0.134. The Kier molecular flexibility index (Phi) is 9.69. The van der Waals surface area contributed by atoms with Crippen molar-refractivity contribution in [2.24, 2.45) is 0 Å². The lowest BCUT2D eigenvalue weighted by atomic mass is 10.2. The number of aliphatic carboxylic acids is 2. The van der Waals surface area contributed by atoms with Crippen LogP contribution in [-0.4, -0.2) is 75.2 Å². The quantitative estimate of drug-likeness (QED) is 0.199. The fourth-order valence-electron chi connectivity index (χ4n) is 4.49. The van der Waals surface area contributed by atoms with Gasteiger partial charge in [0, 0.05) is 35.8 Å².